The first kappa shape index (κ1) is 20.9. The van der Waals surface area contributed by atoms with E-state index >= 15 is 0 Å². The van der Waals surface area contributed by atoms with Gasteiger partial charge in [0.15, 0.2) is 11.6 Å². The fourth-order valence-electron chi connectivity index (χ4n) is 4.86. The molecule has 7 rings (SSSR count). The van der Waals surface area contributed by atoms with Crippen LogP contribution < -0.4 is 10.6 Å². The second kappa shape index (κ2) is 8.68. The maximum absolute atomic E-state index is 6.13. The predicted molar refractivity (Wildman–Crippen MR) is 144 cm³/mol. The van der Waals surface area contributed by atoms with Crippen molar-refractivity contribution in [2.45, 2.75) is 12.8 Å². The summed E-state index contributed by atoms with van der Waals surface area (Å²) in [6.07, 6.45) is 6.32. The summed E-state index contributed by atoms with van der Waals surface area (Å²) in [6.45, 7) is 3.63. The Balaban J connectivity index is 1.16. The van der Waals surface area contributed by atoms with Crippen molar-refractivity contribution in [3.05, 3.63) is 84.4 Å². The number of nitrogens with one attached hydrogen (secondary N) is 2. The summed E-state index contributed by atoms with van der Waals surface area (Å²) >= 11 is 0. The smallest absolute Gasteiger partial charge is 0.170 e. The third-order valence-electron chi connectivity index (χ3n) is 6.79. The summed E-state index contributed by atoms with van der Waals surface area (Å²) in [7, 11) is 0. The molecule has 2 aliphatic rings. The highest BCUT2D eigenvalue weighted by atomic mass is 16.3. The molecule has 36 heavy (non-hydrogen) atoms. The largest absolute Gasteiger partial charge is 0.453 e. The number of rotatable bonds is 4. The second-order valence-electron chi connectivity index (χ2n) is 9.27. The Labute approximate surface area is 208 Å². The Hall–Kier alpha value is -4.39. The molecule has 178 valence electrons. The summed E-state index contributed by atoms with van der Waals surface area (Å²) < 4.78 is 8.21. The van der Waals surface area contributed by atoms with E-state index in [1.54, 1.807) is 0 Å². The number of imidazole rings is 1. The molecule has 0 amide bonds. The molecule has 7 nitrogen and oxygen atoms in total. The number of hydrogen-bond acceptors (Lipinski definition) is 6. The summed E-state index contributed by atoms with van der Waals surface area (Å²) in [5.74, 6) is 2.62. The highest BCUT2D eigenvalue weighted by Crippen LogP contribution is 2.29. The first-order valence-electron chi connectivity index (χ1n) is 12.5. The van der Waals surface area contributed by atoms with Gasteiger partial charge in [-0.2, -0.15) is 0 Å². The van der Waals surface area contributed by atoms with Crippen molar-refractivity contribution in [2.75, 3.05) is 26.2 Å². The van der Waals surface area contributed by atoms with Crippen molar-refractivity contribution < 1.29 is 4.42 Å². The van der Waals surface area contributed by atoms with Gasteiger partial charge in [-0.15, -0.1) is 0 Å². The minimum absolute atomic E-state index is 0.804. The molecule has 0 saturated heterocycles. The standard InChI is InChI=1S/C29H26N6O/c1-11-30-28(31-12-1)23-9-10-27-34-24(18-35(27)17-23)20-5-3-19(4-6-20)21-7-8-22-16-26(36-25(22)15-21)29-32-13-2-14-33-29/h3-10,15-18H,1-2,11-14H2,(H,30,31)(H,32,33). The lowest BCUT2D eigenvalue weighted by Gasteiger charge is -2.14. The van der Waals surface area contributed by atoms with E-state index in [4.69, 9.17) is 9.40 Å². The third-order valence-corrected chi connectivity index (χ3v) is 6.79. The number of aromatic nitrogens is 2. The topological polar surface area (TPSA) is 79.2 Å². The number of aliphatic imine (C=N–C) groups is 2. The van der Waals surface area contributed by atoms with E-state index in [0.29, 0.717) is 0 Å². The molecule has 5 heterocycles. The average molecular weight is 475 g/mol. The SMILES string of the molecule is c1cc2nc(-c3ccc(-c4ccc5cc(C6=NCCCN6)oc5c4)cc3)cn2cc1C1=NCCCN1. The number of amidine groups is 2. The Morgan fingerprint density at radius 2 is 1.42 bits per heavy atom. The number of hydrogen-bond donors (Lipinski definition) is 2. The second-order valence-corrected chi connectivity index (χ2v) is 9.27. The summed E-state index contributed by atoms with van der Waals surface area (Å²) in [5, 5.41) is 7.81. The first-order valence-corrected chi connectivity index (χ1v) is 12.5. The minimum atomic E-state index is 0.804. The van der Waals surface area contributed by atoms with Gasteiger partial charge in [-0.25, -0.2) is 4.98 Å². The van der Waals surface area contributed by atoms with Crippen LogP contribution in [-0.2, 0) is 0 Å². The van der Waals surface area contributed by atoms with Crippen molar-refractivity contribution in [1.82, 2.24) is 20.0 Å². The van der Waals surface area contributed by atoms with Gasteiger partial charge in [0, 0.05) is 55.1 Å². The molecule has 2 aliphatic heterocycles. The van der Waals surface area contributed by atoms with Crippen LogP contribution in [0.4, 0.5) is 0 Å². The summed E-state index contributed by atoms with van der Waals surface area (Å²) in [4.78, 5) is 14.0. The van der Waals surface area contributed by atoms with Crippen molar-refractivity contribution in [3.8, 4) is 22.4 Å². The molecule has 0 atom stereocenters. The van der Waals surface area contributed by atoms with Crippen LogP contribution in [0.2, 0.25) is 0 Å². The number of furan rings is 1. The molecule has 2 aromatic carbocycles. The number of fused-ring (bicyclic) bond motifs is 2. The molecule has 0 radical (unpaired) electrons. The molecule has 0 fully saturated rings. The highest BCUT2D eigenvalue weighted by Gasteiger charge is 2.14. The molecule has 0 bridgehead atoms. The van der Waals surface area contributed by atoms with Crippen molar-refractivity contribution in [3.63, 3.8) is 0 Å². The molecule has 2 N–H and O–H groups in total. The summed E-state index contributed by atoms with van der Waals surface area (Å²) in [5.41, 5.74) is 7.17. The molecular formula is C29H26N6O. The molecule has 0 aliphatic carbocycles. The number of benzene rings is 2. The van der Waals surface area contributed by atoms with Crippen LogP contribution in [0.1, 0.15) is 24.2 Å². The van der Waals surface area contributed by atoms with E-state index in [1.807, 2.05) is 6.07 Å². The van der Waals surface area contributed by atoms with Gasteiger partial charge in [0.05, 0.1) is 5.69 Å². The maximum atomic E-state index is 6.13. The van der Waals surface area contributed by atoms with Crippen molar-refractivity contribution in [1.29, 1.82) is 0 Å². The van der Waals surface area contributed by atoms with E-state index in [-0.39, 0.29) is 0 Å². The van der Waals surface area contributed by atoms with Gasteiger partial charge >= 0.3 is 0 Å². The lowest BCUT2D eigenvalue weighted by molar-refractivity contribution is 0.592. The molecule has 0 saturated carbocycles. The minimum Gasteiger partial charge on any atom is -0.453 e. The fraction of sp³-hybridized carbons (Fsp3) is 0.207. The Kier molecular flexibility index (Phi) is 5.05. The van der Waals surface area contributed by atoms with Crippen LogP contribution >= 0.6 is 0 Å². The van der Waals surface area contributed by atoms with Crippen LogP contribution in [0, 0.1) is 0 Å². The number of nitrogens with zero attached hydrogens (tertiary/aromatic N) is 4. The van der Waals surface area contributed by atoms with Crippen LogP contribution in [0.3, 0.4) is 0 Å². The molecular weight excluding hydrogens is 448 g/mol. The van der Waals surface area contributed by atoms with Crippen LogP contribution in [0.5, 0.6) is 0 Å². The fourth-order valence-corrected chi connectivity index (χ4v) is 4.86. The van der Waals surface area contributed by atoms with Crippen LogP contribution in [-0.4, -0.2) is 47.2 Å². The quantitative estimate of drug-likeness (QED) is 0.389. The van der Waals surface area contributed by atoms with E-state index < -0.39 is 0 Å². The predicted octanol–water partition coefficient (Wildman–Crippen LogP) is 4.89. The van der Waals surface area contributed by atoms with Gasteiger partial charge in [-0.3, -0.25) is 9.98 Å². The maximum Gasteiger partial charge on any atom is 0.170 e. The Bertz CT molecular complexity index is 1590. The zero-order valence-corrected chi connectivity index (χ0v) is 19.9. The van der Waals surface area contributed by atoms with Gasteiger partial charge in [0.1, 0.15) is 17.1 Å². The lowest BCUT2D eigenvalue weighted by Crippen LogP contribution is -2.30. The third kappa shape index (κ3) is 3.82. The normalized spacial score (nSPS) is 15.9. The molecule has 0 spiro atoms. The van der Waals surface area contributed by atoms with Gasteiger partial charge in [-0.1, -0.05) is 36.4 Å². The van der Waals surface area contributed by atoms with E-state index in [9.17, 15) is 0 Å². The van der Waals surface area contributed by atoms with E-state index in [2.05, 4.69) is 92.0 Å². The molecule has 0 unspecified atom stereocenters. The van der Waals surface area contributed by atoms with Gasteiger partial charge in [0.2, 0.25) is 0 Å². The highest BCUT2D eigenvalue weighted by molar-refractivity contribution is 6.00. The lowest BCUT2D eigenvalue weighted by atomic mass is 10.0. The molecule has 7 heteroatoms. The molecule has 5 aromatic rings. The van der Waals surface area contributed by atoms with Gasteiger partial charge in [-0.05, 0) is 48.2 Å². The van der Waals surface area contributed by atoms with E-state index in [0.717, 1.165) is 101 Å². The van der Waals surface area contributed by atoms with Crippen LogP contribution in [0.25, 0.3) is 39.0 Å². The van der Waals surface area contributed by atoms with Gasteiger partial charge in [0.25, 0.3) is 0 Å². The Morgan fingerprint density at radius 1 is 0.694 bits per heavy atom. The van der Waals surface area contributed by atoms with Crippen molar-refractivity contribution in [2.24, 2.45) is 9.98 Å². The zero-order valence-electron chi connectivity index (χ0n) is 19.9. The van der Waals surface area contributed by atoms with Gasteiger partial charge < -0.3 is 19.5 Å². The van der Waals surface area contributed by atoms with Crippen LogP contribution in [0.15, 0.2) is 87.5 Å². The summed E-state index contributed by atoms with van der Waals surface area (Å²) in [6, 6.07) is 21.1. The zero-order chi connectivity index (χ0) is 23.9. The van der Waals surface area contributed by atoms with Crippen molar-refractivity contribution >= 4 is 28.3 Å². The number of pyridine rings is 1. The average Bonchev–Trinajstić information content (AvgIpc) is 3.58. The monoisotopic (exact) mass is 474 g/mol. The van der Waals surface area contributed by atoms with E-state index in [1.165, 1.54) is 0 Å². The Morgan fingerprint density at radius 3 is 2.19 bits per heavy atom. The molecule has 3 aromatic heterocycles. The first-order chi connectivity index (χ1) is 17.8.